The molecule has 2 fully saturated rings. The third-order valence-electron chi connectivity index (χ3n) is 5.49. The minimum absolute atomic E-state index is 0.441. The summed E-state index contributed by atoms with van der Waals surface area (Å²) in [7, 11) is 1.88. The molecule has 0 radical (unpaired) electrons. The number of nitrogens with zero attached hydrogens (tertiary/aromatic N) is 2. The van der Waals surface area contributed by atoms with Gasteiger partial charge in [0, 0.05) is 45.9 Å². The van der Waals surface area contributed by atoms with E-state index >= 15 is 0 Å². The van der Waals surface area contributed by atoms with Crippen molar-refractivity contribution in [3.63, 3.8) is 0 Å². The lowest BCUT2D eigenvalue weighted by Crippen LogP contribution is -2.54. The Morgan fingerprint density at radius 3 is 2.38 bits per heavy atom. The zero-order chi connectivity index (χ0) is 16.8. The number of benzene rings is 1. The molecule has 0 aromatic heterocycles. The summed E-state index contributed by atoms with van der Waals surface area (Å²) in [5.41, 5.74) is 1.37. The Hall–Kier alpha value is -1.10. The highest BCUT2D eigenvalue weighted by Gasteiger charge is 2.31. The van der Waals surface area contributed by atoms with Gasteiger partial charge < -0.3 is 9.47 Å². The first-order valence-corrected chi connectivity index (χ1v) is 9.51. The Labute approximate surface area is 146 Å². The van der Waals surface area contributed by atoms with Crippen LogP contribution in [0.2, 0.25) is 0 Å². The summed E-state index contributed by atoms with van der Waals surface area (Å²) in [6.07, 6.45) is 5.66. The largest absolute Gasteiger partial charge is 0.494 e. The standard InChI is InChI=1S/C20H32N2O2/c1-3-24-18-10-8-17(9-11-18)16-21-12-14-22(15-13-21)19-6-4-5-7-20(19)23-2/h8-11,19-20H,3-7,12-16H2,1-2H3. The summed E-state index contributed by atoms with van der Waals surface area (Å²) < 4.78 is 11.3. The van der Waals surface area contributed by atoms with Gasteiger partial charge in [-0.15, -0.1) is 0 Å². The molecule has 1 aliphatic carbocycles. The van der Waals surface area contributed by atoms with Crippen molar-refractivity contribution in [2.45, 2.75) is 51.3 Å². The van der Waals surface area contributed by atoms with E-state index < -0.39 is 0 Å². The molecule has 1 aromatic carbocycles. The van der Waals surface area contributed by atoms with Gasteiger partial charge in [0.25, 0.3) is 0 Å². The molecule has 4 heteroatoms. The van der Waals surface area contributed by atoms with Gasteiger partial charge in [0.1, 0.15) is 5.75 Å². The van der Waals surface area contributed by atoms with Gasteiger partial charge in [0.05, 0.1) is 12.7 Å². The summed E-state index contributed by atoms with van der Waals surface area (Å²) in [6, 6.07) is 9.19. The first-order valence-electron chi connectivity index (χ1n) is 9.51. The maximum atomic E-state index is 5.74. The van der Waals surface area contributed by atoms with Crippen LogP contribution in [-0.4, -0.2) is 61.8 Å². The van der Waals surface area contributed by atoms with E-state index in [2.05, 4.69) is 34.1 Å². The quantitative estimate of drug-likeness (QED) is 0.799. The predicted octanol–water partition coefficient (Wildman–Crippen LogP) is 3.16. The van der Waals surface area contributed by atoms with Crippen LogP contribution < -0.4 is 4.74 Å². The van der Waals surface area contributed by atoms with Crippen LogP contribution in [-0.2, 0) is 11.3 Å². The molecule has 1 aromatic rings. The van der Waals surface area contributed by atoms with Gasteiger partial charge in [-0.2, -0.15) is 0 Å². The highest BCUT2D eigenvalue weighted by molar-refractivity contribution is 5.27. The normalized spacial score (nSPS) is 26.4. The molecule has 4 nitrogen and oxygen atoms in total. The van der Waals surface area contributed by atoms with Crippen LogP contribution in [0.5, 0.6) is 5.75 Å². The summed E-state index contributed by atoms with van der Waals surface area (Å²) in [5, 5.41) is 0. The highest BCUT2D eigenvalue weighted by atomic mass is 16.5. The van der Waals surface area contributed by atoms with Crippen LogP contribution in [0.25, 0.3) is 0 Å². The van der Waals surface area contributed by atoms with Crippen LogP contribution in [0.15, 0.2) is 24.3 Å². The summed E-state index contributed by atoms with van der Waals surface area (Å²) in [4.78, 5) is 5.23. The molecule has 24 heavy (non-hydrogen) atoms. The lowest BCUT2D eigenvalue weighted by atomic mass is 9.90. The molecule has 2 atom stereocenters. The fourth-order valence-corrected chi connectivity index (χ4v) is 4.14. The Morgan fingerprint density at radius 1 is 1.00 bits per heavy atom. The van der Waals surface area contributed by atoms with Crippen molar-refractivity contribution in [2.75, 3.05) is 39.9 Å². The van der Waals surface area contributed by atoms with E-state index in [-0.39, 0.29) is 0 Å². The third kappa shape index (κ3) is 4.50. The van der Waals surface area contributed by atoms with Crippen molar-refractivity contribution in [3.8, 4) is 5.75 Å². The maximum Gasteiger partial charge on any atom is 0.119 e. The van der Waals surface area contributed by atoms with Gasteiger partial charge in [0.2, 0.25) is 0 Å². The molecule has 0 N–H and O–H groups in total. The molecule has 2 unspecified atom stereocenters. The van der Waals surface area contributed by atoms with Crippen LogP contribution in [0.3, 0.4) is 0 Å². The predicted molar refractivity (Wildman–Crippen MR) is 97.5 cm³/mol. The number of hydrogen-bond donors (Lipinski definition) is 0. The number of ether oxygens (including phenoxy) is 2. The lowest BCUT2D eigenvalue weighted by molar-refractivity contribution is -0.0279. The second-order valence-corrected chi connectivity index (χ2v) is 7.02. The maximum absolute atomic E-state index is 5.74. The molecule has 3 rings (SSSR count). The van der Waals surface area contributed by atoms with Crippen molar-refractivity contribution >= 4 is 0 Å². The minimum atomic E-state index is 0.441. The van der Waals surface area contributed by atoms with Crippen LogP contribution in [0.1, 0.15) is 38.2 Å². The Balaban J connectivity index is 1.48. The molecule has 0 amide bonds. The third-order valence-corrected chi connectivity index (χ3v) is 5.49. The molecule has 2 aliphatic rings. The Kier molecular flexibility index (Phi) is 6.52. The second-order valence-electron chi connectivity index (χ2n) is 7.02. The van der Waals surface area contributed by atoms with E-state index in [1.54, 1.807) is 0 Å². The summed E-state index contributed by atoms with van der Waals surface area (Å²) in [5.74, 6) is 0.967. The number of methoxy groups -OCH3 is 1. The second kappa shape index (κ2) is 8.84. The van der Waals surface area contributed by atoms with Crippen LogP contribution >= 0.6 is 0 Å². The van der Waals surface area contributed by atoms with Gasteiger partial charge in [-0.05, 0) is 37.5 Å². The number of rotatable bonds is 6. The SMILES string of the molecule is CCOc1ccc(CN2CCN(C3CCCCC3OC)CC2)cc1. The van der Waals surface area contributed by atoms with E-state index in [1.165, 1.54) is 44.3 Å². The zero-order valence-electron chi connectivity index (χ0n) is 15.2. The Morgan fingerprint density at radius 2 is 1.71 bits per heavy atom. The van der Waals surface area contributed by atoms with Crippen LogP contribution in [0, 0.1) is 0 Å². The molecular formula is C20H32N2O2. The number of hydrogen-bond acceptors (Lipinski definition) is 4. The van der Waals surface area contributed by atoms with Crippen molar-refractivity contribution < 1.29 is 9.47 Å². The van der Waals surface area contributed by atoms with Crippen molar-refractivity contribution in [3.05, 3.63) is 29.8 Å². The van der Waals surface area contributed by atoms with Gasteiger partial charge >= 0.3 is 0 Å². The monoisotopic (exact) mass is 332 g/mol. The molecule has 1 aliphatic heterocycles. The number of piperazine rings is 1. The molecule has 1 heterocycles. The van der Waals surface area contributed by atoms with Crippen molar-refractivity contribution in [2.24, 2.45) is 0 Å². The van der Waals surface area contributed by atoms with E-state index in [4.69, 9.17) is 9.47 Å². The van der Waals surface area contributed by atoms with Gasteiger partial charge in [-0.25, -0.2) is 0 Å². The van der Waals surface area contributed by atoms with E-state index in [1.807, 2.05) is 14.0 Å². The van der Waals surface area contributed by atoms with Crippen LogP contribution in [0.4, 0.5) is 0 Å². The average molecular weight is 332 g/mol. The first kappa shape index (κ1) is 17.7. The molecule has 1 saturated carbocycles. The van der Waals surface area contributed by atoms with Gasteiger partial charge in [-0.1, -0.05) is 25.0 Å². The molecule has 1 saturated heterocycles. The molecular weight excluding hydrogens is 300 g/mol. The fraction of sp³-hybridized carbons (Fsp3) is 0.700. The van der Waals surface area contributed by atoms with Gasteiger partial charge in [0.15, 0.2) is 0 Å². The van der Waals surface area contributed by atoms with Crippen molar-refractivity contribution in [1.82, 2.24) is 9.80 Å². The summed E-state index contributed by atoms with van der Waals surface area (Å²) in [6.45, 7) is 8.43. The summed E-state index contributed by atoms with van der Waals surface area (Å²) >= 11 is 0. The Bertz CT molecular complexity index is 483. The smallest absolute Gasteiger partial charge is 0.119 e. The molecule has 0 bridgehead atoms. The highest BCUT2D eigenvalue weighted by Crippen LogP contribution is 2.26. The molecule has 0 spiro atoms. The van der Waals surface area contributed by atoms with E-state index in [0.29, 0.717) is 12.1 Å². The van der Waals surface area contributed by atoms with Crippen molar-refractivity contribution in [1.29, 1.82) is 0 Å². The van der Waals surface area contributed by atoms with E-state index in [9.17, 15) is 0 Å². The minimum Gasteiger partial charge on any atom is -0.494 e. The fourth-order valence-electron chi connectivity index (χ4n) is 4.14. The topological polar surface area (TPSA) is 24.9 Å². The first-order chi connectivity index (χ1) is 11.8. The average Bonchev–Trinajstić information content (AvgIpc) is 2.64. The van der Waals surface area contributed by atoms with Gasteiger partial charge in [-0.3, -0.25) is 9.80 Å². The molecule has 134 valence electrons. The zero-order valence-corrected chi connectivity index (χ0v) is 15.2. The lowest BCUT2D eigenvalue weighted by Gasteiger charge is -2.43. The van der Waals surface area contributed by atoms with E-state index in [0.717, 1.165) is 32.0 Å².